The van der Waals surface area contributed by atoms with E-state index in [1.807, 2.05) is 24.5 Å². The number of rotatable bonds is 6. The van der Waals surface area contributed by atoms with Crippen molar-refractivity contribution in [2.24, 2.45) is 11.8 Å². The van der Waals surface area contributed by atoms with Crippen LogP contribution in [0.25, 0.3) is 65.5 Å². The zero-order chi connectivity index (χ0) is 38.2. The van der Waals surface area contributed by atoms with Crippen LogP contribution in [-0.2, 0) is 0 Å². The molecule has 284 valence electrons. The highest BCUT2D eigenvalue weighted by Gasteiger charge is 2.20. The van der Waals surface area contributed by atoms with Crippen molar-refractivity contribution in [2.75, 3.05) is 47.4 Å². The molecule has 8 heterocycles. The van der Waals surface area contributed by atoms with Gasteiger partial charge in [-0.2, -0.15) is 0 Å². The van der Waals surface area contributed by atoms with Gasteiger partial charge in [-0.25, -0.2) is 9.97 Å². The number of H-pyrrole nitrogens is 2. The smallest absolute Gasteiger partial charge is 0.203 e. The summed E-state index contributed by atoms with van der Waals surface area (Å²) in [5.74, 6) is 3.56. The number of aromatic nitrogens is 8. The number of fused-ring (bicyclic) bond motifs is 2. The van der Waals surface area contributed by atoms with Gasteiger partial charge >= 0.3 is 0 Å². The van der Waals surface area contributed by atoms with Gasteiger partial charge in [0.2, 0.25) is 10.3 Å². The lowest BCUT2D eigenvalue weighted by atomic mass is 10.0. The zero-order valence-corrected chi connectivity index (χ0v) is 33.1. The van der Waals surface area contributed by atoms with Crippen molar-refractivity contribution in [1.29, 1.82) is 0 Å². The van der Waals surface area contributed by atoms with E-state index >= 15 is 0 Å². The number of piperidine rings is 2. The van der Waals surface area contributed by atoms with Crippen LogP contribution >= 0.6 is 22.7 Å². The lowest BCUT2D eigenvalue weighted by molar-refractivity contribution is 0.444. The molecule has 6 N–H and O–H groups in total. The summed E-state index contributed by atoms with van der Waals surface area (Å²) in [7, 11) is 0. The number of aromatic amines is 2. The van der Waals surface area contributed by atoms with Gasteiger partial charge in [0.25, 0.3) is 0 Å². The molecule has 0 unspecified atom stereocenters. The monoisotopic (exact) mass is 780 g/mol. The number of hydrogen-bond donors (Lipinski definition) is 4. The molecule has 0 spiro atoms. The van der Waals surface area contributed by atoms with E-state index in [1.165, 1.54) is 48.4 Å². The molecule has 0 aliphatic carbocycles. The van der Waals surface area contributed by atoms with E-state index in [2.05, 4.69) is 115 Å². The first-order valence-corrected chi connectivity index (χ1v) is 20.8. The highest BCUT2D eigenvalue weighted by molar-refractivity contribution is 7.18. The maximum atomic E-state index is 5.75. The lowest BCUT2D eigenvalue weighted by Gasteiger charge is -2.32. The van der Waals surface area contributed by atoms with Gasteiger partial charge in [-0.05, 0) is 98.2 Å². The Kier molecular flexibility index (Phi) is 9.82. The van der Waals surface area contributed by atoms with Crippen LogP contribution in [0.5, 0.6) is 0 Å². The quantitative estimate of drug-likeness (QED) is 0.128. The Hall–Kier alpha value is -5.86. The maximum Gasteiger partial charge on any atom is 0.203 e. The molecule has 8 aromatic rings. The Morgan fingerprint density at radius 1 is 0.607 bits per heavy atom. The van der Waals surface area contributed by atoms with Crippen LogP contribution in [-0.4, -0.2) is 66.5 Å². The van der Waals surface area contributed by atoms with Crippen LogP contribution < -0.4 is 21.3 Å². The fourth-order valence-corrected chi connectivity index (χ4v) is 9.14. The van der Waals surface area contributed by atoms with Crippen LogP contribution in [0.4, 0.5) is 21.9 Å². The van der Waals surface area contributed by atoms with E-state index in [1.54, 1.807) is 0 Å². The standard InChI is InChI=1S/2C21H22N6S/c2*1-13-4-3-9-27(12-13)19-6-2-5-18(24-19)16-11-23-17-8-7-14(10-15(16)17)20-25-26-21(22)28-20/h2*2,5-8,10-11,13,23H,3-4,9,12H2,1H3,(H2,22,26)/t2*13-/m10/s1. The topological polar surface area (TPSA) is 167 Å². The first-order valence-electron chi connectivity index (χ1n) is 19.2. The van der Waals surface area contributed by atoms with Crippen molar-refractivity contribution in [3.8, 4) is 43.7 Å². The molecule has 0 amide bonds. The third-order valence-corrected chi connectivity index (χ3v) is 12.3. The summed E-state index contributed by atoms with van der Waals surface area (Å²) in [6, 6.07) is 25.1. The molecule has 56 heavy (non-hydrogen) atoms. The first kappa shape index (κ1) is 35.8. The average molecular weight is 781 g/mol. The molecule has 2 fully saturated rings. The van der Waals surface area contributed by atoms with E-state index in [-0.39, 0.29) is 0 Å². The molecule has 2 saturated heterocycles. The highest BCUT2D eigenvalue weighted by atomic mass is 32.1. The molecule has 12 nitrogen and oxygen atoms in total. The predicted octanol–water partition coefficient (Wildman–Crippen LogP) is 9.13. The van der Waals surface area contributed by atoms with E-state index in [9.17, 15) is 0 Å². The fourth-order valence-electron chi connectivity index (χ4n) is 7.93. The number of benzene rings is 2. The number of nitrogens with one attached hydrogen (secondary N) is 2. The number of hydrogen-bond acceptors (Lipinski definition) is 12. The molecule has 6 aromatic heterocycles. The van der Waals surface area contributed by atoms with Crippen LogP contribution in [0, 0.1) is 11.8 Å². The summed E-state index contributed by atoms with van der Waals surface area (Å²) in [5.41, 5.74) is 19.9. The Labute approximate surface area is 333 Å². The molecule has 14 heteroatoms. The molecule has 2 atom stereocenters. The molecule has 2 aromatic carbocycles. The van der Waals surface area contributed by atoms with Gasteiger partial charge in [-0.3, -0.25) is 0 Å². The second-order valence-electron chi connectivity index (χ2n) is 15.0. The SMILES string of the molecule is C[C@@H]1CCCN(c2cccc(-c3c[nH]c4ccc(-c5nnc(N)s5)cc34)n2)C1.C[C@H]1CCCN(c2cccc(-c3c[nH]c4ccc(-c5nnc(N)s5)cc34)n2)C1. The lowest BCUT2D eigenvalue weighted by Crippen LogP contribution is -2.34. The third-order valence-electron chi connectivity index (χ3n) is 10.7. The second-order valence-corrected chi connectivity index (χ2v) is 17.0. The van der Waals surface area contributed by atoms with Gasteiger partial charge in [-0.1, -0.05) is 48.7 Å². The van der Waals surface area contributed by atoms with Gasteiger partial charge in [0.05, 0.1) is 11.4 Å². The molecule has 0 radical (unpaired) electrons. The largest absolute Gasteiger partial charge is 0.374 e. The summed E-state index contributed by atoms with van der Waals surface area (Å²) in [4.78, 5) is 21.5. The number of pyridine rings is 2. The van der Waals surface area contributed by atoms with Crippen molar-refractivity contribution in [3.05, 3.63) is 85.2 Å². The first-order chi connectivity index (χ1) is 27.3. The van der Waals surface area contributed by atoms with E-state index in [0.29, 0.717) is 22.1 Å². The molecular weight excluding hydrogens is 737 g/mol. The van der Waals surface area contributed by atoms with Crippen LogP contribution in [0.1, 0.15) is 39.5 Å². The van der Waals surface area contributed by atoms with Crippen molar-refractivity contribution in [1.82, 2.24) is 40.3 Å². The number of anilines is 4. The van der Waals surface area contributed by atoms with Crippen molar-refractivity contribution in [3.63, 3.8) is 0 Å². The summed E-state index contributed by atoms with van der Waals surface area (Å²) in [6.07, 6.45) is 9.14. The van der Waals surface area contributed by atoms with E-state index < -0.39 is 0 Å². The van der Waals surface area contributed by atoms with Crippen LogP contribution in [0.2, 0.25) is 0 Å². The van der Waals surface area contributed by atoms with Crippen molar-refractivity contribution in [2.45, 2.75) is 39.5 Å². The van der Waals surface area contributed by atoms with E-state index in [4.69, 9.17) is 21.4 Å². The van der Waals surface area contributed by atoms with Crippen LogP contribution in [0.15, 0.2) is 85.2 Å². The number of nitrogen functional groups attached to an aromatic ring is 2. The van der Waals surface area contributed by atoms with Gasteiger partial charge in [0.15, 0.2) is 0 Å². The summed E-state index contributed by atoms with van der Waals surface area (Å²) < 4.78 is 0. The highest BCUT2D eigenvalue weighted by Crippen LogP contribution is 2.36. The van der Waals surface area contributed by atoms with Crippen molar-refractivity contribution < 1.29 is 0 Å². The Balaban J connectivity index is 0.000000146. The molecule has 10 rings (SSSR count). The normalized spacial score (nSPS) is 17.3. The van der Waals surface area contributed by atoms with Crippen molar-refractivity contribution >= 4 is 66.4 Å². The summed E-state index contributed by atoms with van der Waals surface area (Å²) >= 11 is 2.80. The molecule has 2 aliphatic rings. The van der Waals surface area contributed by atoms with Gasteiger partial charge in [-0.15, -0.1) is 20.4 Å². The summed E-state index contributed by atoms with van der Waals surface area (Å²) in [5, 5.41) is 21.1. The fraction of sp³-hybridized carbons (Fsp3) is 0.286. The minimum atomic E-state index is 0.481. The maximum absolute atomic E-state index is 5.75. The zero-order valence-electron chi connectivity index (χ0n) is 31.4. The minimum Gasteiger partial charge on any atom is -0.374 e. The van der Waals surface area contributed by atoms with E-state index in [0.717, 1.165) is 103 Å². The molecule has 0 bridgehead atoms. The van der Waals surface area contributed by atoms with Gasteiger partial charge < -0.3 is 31.2 Å². The number of nitrogens with two attached hydrogens (primary N) is 2. The average Bonchev–Trinajstić information content (AvgIpc) is 4.05. The Bertz CT molecular complexity index is 2440. The second kappa shape index (κ2) is 15.3. The minimum absolute atomic E-state index is 0.481. The Morgan fingerprint density at radius 2 is 1.07 bits per heavy atom. The molecule has 0 saturated carbocycles. The number of nitrogens with zero attached hydrogens (tertiary/aromatic N) is 8. The summed E-state index contributed by atoms with van der Waals surface area (Å²) in [6.45, 7) is 8.95. The van der Waals surface area contributed by atoms with Crippen LogP contribution in [0.3, 0.4) is 0 Å². The Morgan fingerprint density at radius 3 is 1.48 bits per heavy atom. The van der Waals surface area contributed by atoms with Gasteiger partial charge in [0.1, 0.15) is 21.7 Å². The molecular formula is C42H44N12S2. The van der Waals surface area contributed by atoms with Gasteiger partial charge in [0, 0.05) is 82.6 Å². The third kappa shape index (κ3) is 7.41. The predicted molar refractivity (Wildman–Crippen MR) is 231 cm³/mol. The molecule has 2 aliphatic heterocycles.